The lowest BCUT2D eigenvalue weighted by Gasteiger charge is -2.16. The van der Waals surface area contributed by atoms with Gasteiger partial charge in [-0.15, -0.1) is 0 Å². The van der Waals surface area contributed by atoms with Crippen molar-refractivity contribution in [1.29, 1.82) is 0 Å². The molecular formula is C10H17N5O3. The minimum absolute atomic E-state index is 0.0905. The number of hydrogen-bond donors (Lipinski definition) is 4. The number of aromatic amines is 1. The van der Waals surface area contributed by atoms with Gasteiger partial charge >= 0.3 is 0 Å². The first-order valence-electron chi connectivity index (χ1n) is 5.79. The Labute approximate surface area is 104 Å². The predicted octanol–water partition coefficient (Wildman–Crippen LogP) is -0.712. The van der Waals surface area contributed by atoms with Gasteiger partial charge in [-0.2, -0.15) is 4.98 Å². The maximum atomic E-state index is 11.6. The van der Waals surface area contributed by atoms with Gasteiger partial charge in [-0.1, -0.05) is 0 Å². The Morgan fingerprint density at radius 2 is 2.33 bits per heavy atom. The molecule has 5 N–H and O–H groups in total. The van der Waals surface area contributed by atoms with Gasteiger partial charge in [0.1, 0.15) is 12.4 Å². The van der Waals surface area contributed by atoms with Crippen LogP contribution in [-0.2, 0) is 4.74 Å². The molecule has 0 aromatic carbocycles. The van der Waals surface area contributed by atoms with Crippen molar-refractivity contribution in [2.45, 2.75) is 12.8 Å². The number of nitrogens with zero attached hydrogens (tertiary/aromatic N) is 2. The van der Waals surface area contributed by atoms with Crippen LogP contribution in [0.15, 0.2) is 4.79 Å². The minimum Gasteiger partial charge on any atom is -0.396 e. The van der Waals surface area contributed by atoms with E-state index in [1.807, 2.05) is 0 Å². The highest BCUT2D eigenvalue weighted by atomic mass is 16.5. The molecule has 0 saturated heterocycles. The number of ether oxygens (including phenoxy) is 1. The summed E-state index contributed by atoms with van der Waals surface area (Å²) in [5.41, 5.74) is 5.64. The van der Waals surface area contributed by atoms with Crippen LogP contribution in [0.3, 0.4) is 0 Å². The number of nitrogens with one attached hydrogen (secondary N) is 2. The molecular weight excluding hydrogens is 238 g/mol. The van der Waals surface area contributed by atoms with E-state index in [9.17, 15) is 4.79 Å². The minimum atomic E-state index is -0.278. The summed E-state index contributed by atoms with van der Waals surface area (Å²) < 4.78 is 5.44. The lowest BCUT2D eigenvalue weighted by Crippen LogP contribution is -2.26. The third kappa shape index (κ3) is 2.71. The van der Waals surface area contributed by atoms with Crippen molar-refractivity contribution in [3.8, 4) is 0 Å². The van der Waals surface area contributed by atoms with E-state index in [1.54, 1.807) is 4.90 Å². The first kappa shape index (κ1) is 12.7. The van der Waals surface area contributed by atoms with Crippen LogP contribution in [-0.4, -0.2) is 41.7 Å². The molecule has 0 fully saturated rings. The molecule has 2 heterocycles. The molecule has 0 saturated carbocycles. The Kier molecular flexibility index (Phi) is 4.00. The highest BCUT2D eigenvalue weighted by Crippen LogP contribution is 2.24. The highest BCUT2D eigenvalue weighted by molar-refractivity contribution is 5.70. The van der Waals surface area contributed by atoms with E-state index in [2.05, 4.69) is 15.3 Å². The van der Waals surface area contributed by atoms with Gasteiger partial charge in [-0.05, 0) is 12.8 Å². The number of hydrogen-bond acceptors (Lipinski definition) is 7. The first-order valence-corrected chi connectivity index (χ1v) is 5.79. The van der Waals surface area contributed by atoms with Gasteiger partial charge in [-0.25, -0.2) is 0 Å². The predicted molar refractivity (Wildman–Crippen MR) is 67.4 cm³/mol. The van der Waals surface area contributed by atoms with Crippen LogP contribution in [0, 0.1) is 0 Å². The molecule has 8 nitrogen and oxygen atoms in total. The highest BCUT2D eigenvalue weighted by Gasteiger charge is 2.23. The van der Waals surface area contributed by atoms with Crippen molar-refractivity contribution in [2.75, 3.05) is 42.6 Å². The Hall–Kier alpha value is -1.80. The van der Waals surface area contributed by atoms with Gasteiger partial charge in [0.15, 0.2) is 5.82 Å². The summed E-state index contributed by atoms with van der Waals surface area (Å²) in [5, 5.41) is 11.6. The van der Waals surface area contributed by atoms with E-state index in [0.29, 0.717) is 31.5 Å². The molecule has 0 aliphatic carbocycles. The largest absolute Gasteiger partial charge is 0.396 e. The lowest BCUT2D eigenvalue weighted by molar-refractivity contribution is 0.126. The summed E-state index contributed by atoms with van der Waals surface area (Å²) in [6.45, 7) is 1.53. The number of rotatable bonds is 6. The van der Waals surface area contributed by atoms with Crippen molar-refractivity contribution in [1.82, 2.24) is 9.97 Å². The number of aliphatic hydroxyl groups excluding tert-OH is 1. The first-order chi connectivity index (χ1) is 8.72. The van der Waals surface area contributed by atoms with Crippen LogP contribution in [0.1, 0.15) is 12.8 Å². The molecule has 18 heavy (non-hydrogen) atoms. The van der Waals surface area contributed by atoms with Gasteiger partial charge in [0.05, 0.1) is 6.67 Å². The van der Waals surface area contributed by atoms with Crippen LogP contribution in [0.25, 0.3) is 0 Å². The number of nitrogens with two attached hydrogens (primary N) is 1. The monoisotopic (exact) mass is 255 g/mol. The van der Waals surface area contributed by atoms with E-state index in [0.717, 1.165) is 12.8 Å². The zero-order valence-corrected chi connectivity index (χ0v) is 9.98. The molecule has 2 rings (SSSR count). The number of fused-ring (bicyclic) bond motifs is 1. The van der Waals surface area contributed by atoms with Gasteiger partial charge in [-0.3, -0.25) is 9.78 Å². The number of H-pyrrole nitrogens is 1. The molecule has 0 unspecified atom stereocenters. The van der Waals surface area contributed by atoms with E-state index in [4.69, 9.17) is 15.6 Å². The Balaban J connectivity index is 1.93. The average Bonchev–Trinajstić information content (AvgIpc) is 2.72. The summed E-state index contributed by atoms with van der Waals surface area (Å²) >= 11 is 0. The molecule has 1 aliphatic heterocycles. The van der Waals surface area contributed by atoms with Crippen LogP contribution in [0.5, 0.6) is 0 Å². The number of nitrogen functional groups attached to an aromatic ring is 1. The smallest absolute Gasteiger partial charge is 0.277 e. The summed E-state index contributed by atoms with van der Waals surface area (Å²) in [5.74, 6) is 0.603. The second-order valence-electron chi connectivity index (χ2n) is 3.99. The summed E-state index contributed by atoms with van der Waals surface area (Å²) in [4.78, 5) is 19.9. The second kappa shape index (κ2) is 5.69. The van der Waals surface area contributed by atoms with E-state index in [1.165, 1.54) is 0 Å². The van der Waals surface area contributed by atoms with Crippen LogP contribution in [0.4, 0.5) is 17.5 Å². The molecule has 1 aromatic heterocycles. The standard InChI is InChI=1S/C10H17N5O3/c11-10-13-8-7(9(17)14-10)12-5-15(8)6-18-4-2-1-3-16/h12,16H,1-6H2,(H3,11,13,14,17). The van der Waals surface area contributed by atoms with Gasteiger partial charge < -0.3 is 25.8 Å². The van der Waals surface area contributed by atoms with Crippen molar-refractivity contribution < 1.29 is 9.84 Å². The molecule has 8 heteroatoms. The average molecular weight is 255 g/mol. The number of anilines is 3. The SMILES string of the molecule is Nc1nc2c(c(=O)[nH]1)NCN2COCCCCO. The zero-order chi connectivity index (χ0) is 13.0. The van der Waals surface area contributed by atoms with E-state index >= 15 is 0 Å². The number of aromatic nitrogens is 2. The Morgan fingerprint density at radius 1 is 1.50 bits per heavy atom. The van der Waals surface area contributed by atoms with Crippen LogP contribution in [0.2, 0.25) is 0 Å². The molecule has 0 amide bonds. The van der Waals surface area contributed by atoms with Crippen molar-refractivity contribution >= 4 is 17.5 Å². The normalized spacial score (nSPS) is 13.5. The van der Waals surface area contributed by atoms with Crippen LogP contribution >= 0.6 is 0 Å². The third-order valence-corrected chi connectivity index (χ3v) is 2.61. The zero-order valence-electron chi connectivity index (χ0n) is 9.98. The van der Waals surface area contributed by atoms with Crippen molar-refractivity contribution in [2.24, 2.45) is 0 Å². The maximum Gasteiger partial charge on any atom is 0.277 e. The number of unbranched alkanes of at least 4 members (excludes halogenated alkanes) is 1. The maximum absolute atomic E-state index is 11.6. The molecule has 1 aliphatic rings. The van der Waals surface area contributed by atoms with Gasteiger partial charge in [0, 0.05) is 13.2 Å². The second-order valence-corrected chi connectivity index (χ2v) is 3.99. The quantitative estimate of drug-likeness (QED) is 0.496. The van der Waals surface area contributed by atoms with Crippen molar-refractivity contribution in [3.05, 3.63) is 10.4 Å². The molecule has 0 bridgehead atoms. The topological polar surface area (TPSA) is 116 Å². The van der Waals surface area contributed by atoms with E-state index in [-0.39, 0.29) is 18.1 Å². The fourth-order valence-electron chi connectivity index (χ4n) is 1.71. The molecule has 100 valence electrons. The fourth-order valence-corrected chi connectivity index (χ4v) is 1.71. The summed E-state index contributed by atoms with van der Waals surface area (Å²) in [6, 6.07) is 0. The van der Waals surface area contributed by atoms with Gasteiger partial charge in [0.2, 0.25) is 5.95 Å². The lowest BCUT2D eigenvalue weighted by atomic mass is 10.3. The molecule has 1 aromatic rings. The summed E-state index contributed by atoms with van der Waals surface area (Å²) in [7, 11) is 0. The molecule has 0 radical (unpaired) electrons. The summed E-state index contributed by atoms with van der Waals surface area (Å²) in [6.07, 6.45) is 1.52. The molecule has 0 atom stereocenters. The number of aliphatic hydroxyl groups is 1. The van der Waals surface area contributed by atoms with Crippen molar-refractivity contribution in [3.63, 3.8) is 0 Å². The third-order valence-electron chi connectivity index (χ3n) is 2.61. The molecule has 0 spiro atoms. The Bertz CT molecular complexity index is 461. The van der Waals surface area contributed by atoms with E-state index < -0.39 is 0 Å². The Morgan fingerprint density at radius 3 is 3.11 bits per heavy atom. The fraction of sp³-hybridized carbons (Fsp3) is 0.600. The van der Waals surface area contributed by atoms with Crippen LogP contribution < -0.4 is 21.5 Å². The van der Waals surface area contributed by atoms with Gasteiger partial charge in [0.25, 0.3) is 5.56 Å².